The van der Waals surface area contributed by atoms with Crippen molar-refractivity contribution in [2.75, 3.05) is 5.32 Å². The predicted molar refractivity (Wildman–Crippen MR) is 114 cm³/mol. The minimum Gasteiger partial charge on any atom is -0.310 e. The predicted octanol–water partition coefficient (Wildman–Crippen LogP) is 4.11. The van der Waals surface area contributed by atoms with Crippen LogP contribution < -0.4 is 10.9 Å². The number of pyridine rings is 2. The molecule has 30 heavy (non-hydrogen) atoms. The minimum atomic E-state index is -0.374. The van der Waals surface area contributed by atoms with E-state index in [1.807, 2.05) is 30.5 Å². The zero-order valence-corrected chi connectivity index (χ0v) is 16.8. The van der Waals surface area contributed by atoms with Gasteiger partial charge in [0.25, 0.3) is 11.5 Å². The van der Waals surface area contributed by atoms with Crippen LogP contribution in [0.1, 0.15) is 21.6 Å². The van der Waals surface area contributed by atoms with Crippen LogP contribution in [0.4, 0.5) is 9.52 Å². The molecule has 4 rings (SSSR count). The van der Waals surface area contributed by atoms with E-state index in [1.54, 1.807) is 12.1 Å². The average molecular weight is 420 g/mol. The van der Waals surface area contributed by atoms with Gasteiger partial charge in [-0.25, -0.2) is 9.37 Å². The Bertz CT molecular complexity index is 1260. The fourth-order valence-corrected chi connectivity index (χ4v) is 3.58. The van der Waals surface area contributed by atoms with Crippen LogP contribution in [-0.2, 0) is 6.54 Å². The van der Waals surface area contributed by atoms with Crippen molar-refractivity contribution >= 4 is 22.4 Å². The van der Waals surface area contributed by atoms with Crippen LogP contribution in [0.5, 0.6) is 0 Å². The molecule has 150 valence electrons. The molecule has 0 spiro atoms. The molecule has 0 unspecified atom stereocenters. The lowest BCUT2D eigenvalue weighted by Crippen LogP contribution is -2.22. The van der Waals surface area contributed by atoms with E-state index in [-0.39, 0.29) is 23.8 Å². The van der Waals surface area contributed by atoms with Crippen LogP contribution >= 0.6 is 11.3 Å². The van der Waals surface area contributed by atoms with Gasteiger partial charge in [-0.2, -0.15) is 0 Å². The Kier molecular flexibility index (Phi) is 5.49. The molecule has 0 fully saturated rings. The van der Waals surface area contributed by atoms with Gasteiger partial charge in [-0.3, -0.25) is 19.9 Å². The molecular formula is C22H17FN4O2S. The number of nitrogens with one attached hydrogen (secondary N) is 1. The summed E-state index contributed by atoms with van der Waals surface area (Å²) >= 11 is 1.30. The number of benzene rings is 1. The molecule has 0 saturated carbocycles. The summed E-state index contributed by atoms with van der Waals surface area (Å²) in [4.78, 5) is 33.7. The van der Waals surface area contributed by atoms with Gasteiger partial charge in [0.2, 0.25) is 0 Å². The van der Waals surface area contributed by atoms with Crippen LogP contribution in [0, 0.1) is 12.7 Å². The Morgan fingerprint density at radius 3 is 2.63 bits per heavy atom. The van der Waals surface area contributed by atoms with Gasteiger partial charge in [0, 0.05) is 23.3 Å². The van der Waals surface area contributed by atoms with E-state index in [1.165, 1.54) is 46.4 Å². The monoisotopic (exact) mass is 420 g/mol. The van der Waals surface area contributed by atoms with Gasteiger partial charge in [0.1, 0.15) is 11.5 Å². The Balaban J connectivity index is 1.51. The molecular weight excluding hydrogens is 403 g/mol. The van der Waals surface area contributed by atoms with Gasteiger partial charge >= 0.3 is 0 Å². The summed E-state index contributed by atoms with van der Waals surface area (Å²) in [6.07, 6.45) is 1.48. The SMILES string of the molecule is Cc1cccc(-c2csc(NC(=O)c3ccc(=O)n(Cc4ccc(F)cc4)c3)n2)n1. The van der Waals surface area contributed by atoms with Gasteiger partial charge in [-0.1, -0.05) is 18.2 Å². The highest BCUT2D eigenvalue weighted by molar-refractivity contribution is 7.14. The average Bonchev–Trinajstić information content (AvgIpc) is 3.20. The number of anilines is 1. The number of carbonyl (C=O) groups is 1. The Morgan fingerprint density at radius 1 is 1.07 bits per heavy atom. The second kappa shape index (κ2) is 8.38. The van der Waals surface area contributed by atoms with Crippen molar-refractivity contribution in [1.82, 2.24) is 14.5 Å². The van der Waals surface area contributed by atoms with E-state index in [2.05, 4.69) is 15.3 Å². The highest BCUT2D eigenvalue weighted by Gasteiger charge is 2.12. The number of aryl methyl sites for hydroxylation is 1. The number of hydrogen-bond donors (Lipinski definition) is 1. The number of rotatable bonds is 5. The fraction of sp³-hybridized carbons (Fsp3) is 0.0909. The Hall–Kier alpha value is -3.65. The molecule has 6 nitrogen and oxygen atoms in total. The van der Waals surface area contributed by atoms with Gasteiger partial charge in [0.15, 0.2) is 5.13 Å². The molecule has 1 aromatic carbocycles. The highest BCUT2D eigenvalue weighted by Crippen LogP contribution is 2.24. The van der Waals surface area contributed by atoms with E-state index in [0.717, 1.165) is 17.0 Å². The van der Waals surface area contributed by atoms with Gasteiger partial charge in [0.05, 0.1) is 17.8 Å². The maximum atomic E-state index is 13.1. The molecule has 0 bridgehead atoms. The molecule has 0 aliphatic carbocycles. The lowest BCUT2D eigenvalue weighted by molar-refractivity contribution is 0.102. The van der Waals surface area contributed by atoms with Crippen molar-refractivity contribution in [2.45, 2.75) is 13.5 Å². The lowest BCUT2D eigenvalue weighted by atomic mass is 10.2. The van der Waals surface area contributed by atoms with Crippen molar-refractivity contribution in [1.29, 1.82) is 0 Å². The minimum absolute atomic E-state index is 0.237. The van der Waals surface area contributed by atoms with E-state index in [9.17, 15) is 14.0 Å². The first-order valence-electron chi connectivity index (χ1n) is 9.14. The first kappa shape index (κ1) is 19.7. The van der Waals surface area contributed by atoms with E-state index in [0.29, 0.717) is 16.4 Å². The normalized spacial score (nSPS) is 10.7. The molecule has 0 aliphatic rings. The number of amides is 1. The standard InChI is InChI=1S/C22H17FN4O2S/c1-14-3-2-4-18(24-14)19-13-30-22(25-19)26-21(29)16-7-10-20(28)27(12-16)11-15-5-8-17(23)9-6-15/h2-10,12-13H,11H2,1H3,(H,25,26,29). The van der Waals surface area contributed by atoms with Crippen LogP contribution in [0.15, 0.2) is 71.0 Å². The molecule has 0 saturated heterocycles. The van der Waals surface area contributed by atoms with Crippen LogP contribution in [0.25, 0.3) is 11.4 Å². The number of thiazole rings is 1. The lowest BCUT2D eigenvalue weighted by Gasteiger charge is -2.08. The molecule has 1 amide bonds. The second-order valence-electron chi connectivity index (χ2n) is 6.67. The van der Waals surface area contributed by atoms with Crippen molar-refractivity contribution in [3.8, 4) is 11.4 Å². The summed E-state index contributed by atoms with van der Waals surface area (Å²) in [5, 5.41) is 5.02. The van der Waals surface area contributed by atoms with E-state index < -0.39 is 0 Å². The molecule has 3 aromatic heterocycles. The number of halogens is 1. The number of nitrogens with zero attached hydrogens (tertiary/aromatic N) is 3. The van der Waals surface area contributed by atoms with Crippen LogP contribution in [0.2, 0.25) is 0 Å². The van der Waals surface area contributed by atoms with Crippen molar-refractivity contribution in [2.24, 2.45) is 0 Å². The summed E-state index contributed by atoms with van der Waals surface area (Å²) in [6, 6.07) is 14.3. The Morgan fingerprint density at radius 2 is 1.87 bits per heavy atom. The third-order valence-corrected chi connectivity index (χ3v) is 5.14. The Labute approximate surface area is 175 Å². The largest absolute Gasteiger partial charge is 0.310 e. The molecule has 0 radical (unpaired) electrons. The third-order valence-electron chi connectivity index (χ3n) is 4.39. The maximum absolute atomic E-state index is 13.1. The van der Waals surface area contributed by atoms with Crippen LogP contribution in [0.3, 0.4) is 0 Å². The second-order valence-corrected chi connectivity index (χ2v) is 7.52. The number of hydrogen-bond acceptors (Lipinski definition) is 5. The summed E-state index contributed by atoms with van der Waals surface area (Å²) in [5.74, 6) is -0.719. The summed E-state index contributed by atoms with van der Waals surface area (Å²) in [7, 11) is 0. The molecule has 3 heterocycles. The number of carbonyl (C=O) groups excluding carboxylic acids is 1. The molecule has 4 aromatic rings. The summed E-state index contributed by atoms with van der Waals surface area (Å²) in [5.41, 5.74) is 3.13. The molecule has 8 heteroatoms. The number of aromatic nitrogens is 3. The first-order valence-corrected chi connectivity index (χ1v) is 10.0. The molecule has 0 aliphatic heterocycles. The smallest absolute Gasteiger partial charge is 0.258 e. The van der Waals surface area contributed by atoms with E-state index >= 15 is 0 Å². The summed E-state index contributed by atoms with van der Waals surface area (Å²) < 4.78 is 14.5. The van der Waals surface area contributed by atoms with Crippen LogP contribution in [-0.4, -0.2) is 20.4 Å². The maximum Gasteiger partial charge on any atom is 0.258 e. The summed E-state index contributed by atoms with van der Waals surface area (Å²) in [6.45, 7) is 2.14. The zero-order valence-electron chi connectivity index (χ0n) is 16.0. The van der Waals surface area contributed by atoms with Crippen molar-refractivity contribution in [3.05, 3.63) is 99.2 Å². The van der Waals surface area contributed by atoms with Crippen molar-refractivity contribution in [3.63, 3.8) is 0 Å². The van der Waals surface area contributed by atoms with Gasteiger partial charge in [-0.15, -0.1) is 11.3 Å². The van der Waals surface area contributed by atoms with Crippen molar-refractivity contribution < 1.29 is 9.18 Å². The topological polar surface area (TPSA) is 76.9 Å². The molecule has 0 atom stereocenters. The molecule has 1 N–H and O–H groups in total. The third kappa shape index (κ3) is 4.49. The van der Waals surface area contributed by atoms with E-state index in [4.69, 9.17) is 0 Å². The van der Waals surface area contributed by atoms with Gasteiger partial charge in [-0.05, 0) is 42.8 Å². The highest BCUT2D eigenvalue weighted by atomic mass is 32.1. The quantitative estimate of drug-likeness (QED) is 0.527. The fourth-order valence-electron chi connectivity index (χ4n) is 2.88. The zero-order chi connectivity index (χ0) is 21.1. The van der Waals surface area contributed by atoms with Gasteiger partial charge < -0.3 is 4.57 Å². The first-order chi connectivity index (χ1) is 14.5.